The van der Waals surface area contributed by atoms with E-state index in [2.05, 4.69) is 6.92 Å². The molecule has 0 aliphatic rings. The van der Waals surface area contributed by atoms with Gasteiger partial charge in [-0.1, -0.05) is 51.9 Å². The lowest BCUT2D eigenvalue weighted by atomic mass is 10.0. The third-order valence-electron chi connectivity index (χ3n) is 5.11. The number of hydrogen-bond acceptors (Lipinski definition) is 3. The van der Waals surface area contributed by atoms with E-state index in [1.807, 2.05) is 27.7 Å². The lowest BCUT2D eigenvalue weighted by molar-refractivity contribution is -0.327. The average Bonchev–Trinajstić information content (AvgIpc) is 2.65. The Hall–Kier alpha value is -1.04. The van der Waals surface area contributed by atoms with Gasteiger partial charge in [0.05, 0.1) is 18.3 Å². The van der Waals surface area contributed by atoms with Crippen molar-refractivity contribution in [1.82, 2.24) is 0 Å². The lowest BCUT2D eigenvalue weighted by Crippen LogP contribution is -2.31. The Morgan fingerprint density at radius 1 is 0.677 bits per heavy atom. The maximum atomic E-state index is 13.4. The van der Waals surface area contributed by atoms with Gasteiger partial charge in [-0.3, -0.25) is 0 Å². The van der Waals surface area contributed by atoms with Crippen molar-refractivity contribution < 1.29 is 23.0 Å². The molecule has 0 fully saturated rings. The van der Waals surface area contributed by atoms with Gasteiger partial charge in [-0.2, -0.15) is 0 Å². The van der Waals surface area contributed by atoms with Crippen LogP contribution in [0.25, 0.3) is 0 Å². The van der Waals surface area contributed by atoms with Crippen LogP contribution in [0.2, 0.25) is 0 Å². The van der Waals surface area contributed by atoms with E-state index in [-0.39, 0.29) is 18.3 Å². The summed E-state index contributed by atoms with van der Waals surface area (Å²) in [5.74, 6) is -1.05. The number of rotatable bonds is 18. The molecule has 0 N–H and O–H groups in total. The molecule has 0 saturated heterocycles. The highest BCUT2D eigenvalue weighted by Gasteiger charge is 2.20. The fraction of sp³-hybridized carbons (Fsp3) is 0.769. The van der Waals surface area contributed by atoms with Crippen molar-refractivity contribution in [2.24, 2.45) is 0 Å². The van der Waals surface area contributed by atoms with E-state index in [1.54, 1.807) is 0 Å². The third kappa shape index (κ3) is 14.6. The van der Waals surface area contributed by atoms with Gasteiger partial charge in [-0.15, -0.1) is 0 Å². The van der Waals surface area contributed by atoms with Crippen LogP contribution in [0, 0.1) is 11.6 Å². The predicted molar refractivity (Wildman–Crippen MR) is 123 cm³/mol. The van der Waals surface area contributed by atoms with Gasteiger partial charge < -0.3 is 14.2 Å². The second kappa shape index (κ2) is 16.6. The van der Waals surface area contributed by atoms with E-state index in [1.165, 1.54) is 50.7 Å². The van der Waals surface area contributed by atoms with E-state index in [0.29, 0.717) is 12.0 Å². The van der Waals surface area contributed by atoms with Crippen LogP contribution in [-0.4, -0.2) is 24.8 Å². The summed E-state index contributed by atoms with van der Waals surface area (Å²) in [6.45, 7) is 9.39. The number of unbranched alkanes of at least 4 members (excludes halogenated alkanes) is 6. The van der Waals surface area contributed by atoms with Crippen LogP contribution in [0.5, 0.6) is 0 Å². The van der Waals surface area contributed by atoms with Gasteiger partial charge in [-0.05, 0) is 71.1 Å². The largest absolute Gasteiger partial charge is 0.327 e. The van der Waals surface area contributed by atoms with Gasteiger partial charge in [0, 0.05) is 6.07 Å². The van der Waals surface area contributed by atoms with Crippen LogP contribution in [0.3, 0.4) is 0 Å². The molecule has 0 aliphatic carbocycles. The quantitative estimate of drug-likeness (QED) is 0.170. The first-order valence-electron chi connectivity index (χ1n) is 12.2. The summed E-state index contributed by atoms with van der Waals surface area (Å²) in [6, 6.07) is 3.72. The summed E-state index contributed by atoms with van der Waals surface area (Å²) in [5.41, 5.74) is 0.681. The van der Waals surface area contributed by atoms with Crippen LogP contribution >= 0.6 is 0 Å². The highest BCUT2D eigenvalue weighted by molar-refractivity contribution is 5.17. The molecule has 180 valence electrons. The minimum absolute atomic E-state index is 0.00163. The Morgan fingerprint density at radius 2 is 1.19 bits per heavy atom. The molecule has 5 heteroatoms. The smallest absolute Gasteiger partial charge is 0.272 e. The second-order valence-electron chi connectivity index (χ2n) is 9.00. The molecule has 0 heterocycles. The van der Waals surface area contributed by atoms with Crippen molar-refractivity contribution >= 4 is 0 Å². The number of benzene rings is 1. The molecule has 0 spiro atoms. The first kappa shape index (κ1) is 28.0. The Bertz CT molecular complexity index is 548. The van der Waals surface area contributed by atoms with Crippen molar-refractivity contribution in [3.63, 3.8) is 0 Å². The van der Waals surface area contributed by atoms with E-state index in [0.717, 1.165) is 31.7 Å². The van der Waals surface area contributed by atoms with Gasteiger partial charge >= 0.3 is 0 Å². The molecule has 1 rings (SSSR count). The molecule has 1 aromatic carbocycles. The van der Waals surface area contributed by atoms with Crippen molar-refractivity contribution in [2.75, 3.05) is 0 Å². The second-order valence-corrected chi connectivity index (χ2v) is 9.00. The molecule has 1 atom stereocenters. The Balaban J connectivity index is 2.58. The minimum atomic E-state index is -0.693. The number of aryl methyl sites for hydroxylation is 1. The maximum absolute atomic E-state index is 13.4. The van der Waals surface area contributed by atoms with Crippen molar-refractivity contribution in [1.29, 1.82) is 0 Å². The fourth-order valence-corrected chi connectivity index (χ4v) is 3.60. The maximum Gasteiger partial charge on any atom is 0.272 e. The molecule has 1 unspecified atom stereocenters. The van der Waals surface area contributed by atoms with E-state index < -0.39 is 18.1 Å². The molecule has 0 aromatic heterocycles. The SMILES string of the molecule is CCCCCCCCCC(CCCc1cc(F)cc(F)c1)OC(OC(C)C)OC(C)C. The van der Waals surface area contributed by atoms with Crippen molar-refractivity contribution in [3.8, 4) is 0 Å². The van der Waals surface area contributed by atoms with E-state index in [4.69, 9.17) is 14.2 Å². The average molecular weight is 443 g/mol. The van der Waals surface area contributed by atoms with Crippen LogP contribution in [0.15, 0.2) is 18.2 Å². The highest BCUT2D eigenvalue weighted by Crippen LogP contribution is 2.20. The Labute approximate surface area is 188 Å². The zero-order valence-electron chi connectivity index (χ0n) is 20.3. The first-order valence-corrected chi connectivity index (χ1v) is 12.2. The molecule has 0 saturated carbocycles. The molecule has 0 aliphatic heterocycles. The molecule has 31 heavy (non-hydrogen) atoms. The first-order chi connectivity index (χ1) is 14.8. The summed E-state index contributed by atoms with van der Waals surface area (Å²) in [6.07, 6.45) is 11.9. The van der Waals surface area contributed by atoms with Crippen LogP contribution in [0.4, 0.5) is 8.78 Å². The molecule has 1 aromatic rings. The third-order valence-corrected chi connectivity index (χ3v) is 5.11. The van der Waals surface area contributed by atoms with Gasteiger partial charge in [0.25, 0.3) is 6.48 Å². The Kier molecular flexibility index (Phi) is 15.0. The monoisotopic (exact) mass is 442 g/mol. The molecular weight excluding hydrogens is 398 g/mol. The number of halogens is 2. The zero-order chi connectivity index (χ0) is 23.1. The normalized spacial score (nSPS) is 13.0. The summed E-state index contributed by atoms with van der Waals surface area (Å²) >= 11 is 0. The zero-order valence-corrected chi connectivity index (χ0v) is 20.3. The summed E-state index contributed by atoms with van der Waals surface area (Å²) in [4.78, 5) is 0. The topological polar surface area (TPSA) is 27.7 Å². The standard InChI is InChI=1S/C26H44F2O3/c1-6-7-8-9-10-11-12-15-25(31-26(29-20(2)3)30-21(4)5)16-13-14-22-17-23(27)19-24(28)18-22/h17-21,25-26H,6-16H2,1-5H3. The van der Waals surface area contributed by atoms with Crippen LogP contribution in [-0.2, 0) is 20.6 Å². The summed E-state index contributed by atoms with van der Waals surface area (Å²) in [7, 11) is 0. The van der Waals surface area contributed by atoms with Gasteiger partial charge in [0.2, 0.25) is 0 Å². The molecular formula is C26H44F2O3. The molecule has 3 nitrogen and oxygen atoms in total. The van der Waals surface area contributed by atoms with E-state index in [9.17, 15) is 8.78 Å². The fourth-order valence-electron chi connectivity index (χ4n) is 3.60. The van der Waals surface area contributed by atoms with Gasteiger partial charge in [0.15, 0.2) is 0 Å². The van der Waals surface area contributed by atoms with Crippen LogP contribution in [0.1, 0.15) is 104 Å². The molecule has 0 bridgehead atoms. The van der Waals surface area contributed by atoms with Crippen molar-refractivity contribution in [3.05, 3.63) is 35.4 Å². The van der Waals surface area contributed by atoms with Gasteiger partial charge in [0.1, 0.15) is 11.6 Å². The Morgan fingerprint density at radius 3 is 1.74 bits per heavy atom. The predicted octanol–water partition coefficient (Wildman–Crippen LogP) is 7.95. The van der Waals surface area contributed by atoms with Crippen molar-refractivity contribution in [2.45, 2.75) is 130 Å². The lowest BCUT2D eigenvalue weighted by Gasteiger charge is -2.28. The number of hydrogen-bond donors (Lipinski definition) is 0. The number of ether oxygens (including phenoxy) is 3. The minimum Gasteiger partial charge on any atom is -0.327 e. The highest BCUT2D eigenvalue weighted by atomic mass is 19.1. The summed E-state index contributed by atoms with van der Waals surface area (Å²) < 4.78 is 44.7. The summed E-state index contributed by atoms with van der Waals surface area (Å²) in [5, 5.41) is 0. The molecule has 0 radical (unpaired) electrons. The van der Waals surface area contributed by atoms with Crippen LogP contribution < -0.4 is 0 Å². The molecule has 0 amide bonds. The van der Waals surface area contributed by atoms with Gasteiger partial charge in [-0.25, -0.2) is 8.78 Å². The van der Waals surface area contributed by atoms with E-state index >= 15 is 0 Å².